The molecule has 0 bridgehead atoms. The first-order chi connectivity index (χ1) is 9.84. The Balaban J connectivity index is 1.77. The van der Waals surface area contributed by atoms with Crippen molar-refractivity contribution in [3.8, 4) is 11.1 Å². The average Bonchev–Trinajstić information content (AvgIpc) is 2.56. The van der Waals surface area contributed by atoms with Crippen LogP contribution in [0.15, 0.2) is 54.6 Å². The first-order valence-electron chi connectivity index (χ1n) is 7.28. The largest absolute Gasteiger partial charge is 0.307 e. The van der Waals surface area contributed by atoms with Crippen molar-refractivity contribution in [3.63, 3.8) is 0 Å². The normalized spacial score (nSPS) is 18.7. The van der Waals surface area contributed by atoms with E-state index < -0.39 is 0 Å². The number of rotatable bonds is 3. The third kappa shape index (κ3) is 2.81. The van der Waals surface area contributed by atoms with E-state index in [4.69, 9.17) is 0 Å². The summed E-state index contributed by atoms with van der Waals surface area (Å²) in [6.07, 6.45) is 3.28. The van der Waals surface area contributed by atoms with Crippen LogP contribution in [0.3, 0.4) is 0 Å². The first kappa shape index (κ1) is 13.1. The Kier molecular flexibility index (Phi) is 3.93. The number of ketones is 1. The summed E-state index contributed by atoms with van der Waals surface area (Å²) in [5.41, 5.74) is 3.14. The molecule has 2 aromatic carbocycles. The van der Waals surface area contributed by atoms with Crippen molar-refractivity contribution in [2.24, 2.45) is 0 Å². The van der Waals surface area contributed by atoms with Crippen LogP contribution < -0.4 is 5.32 Å². The van der Waals surface area contributed by atoms with Crippen LogP contribution in [0.1, 0.15) is 29.6 Å². The molecule has 0 aliphatic carbocycles. The number of hydrogen-bond donors (Lipinski definition) is 1. The van der Waals surface area contributed by atoms with Crippen LogP contribution in [0, 0.1) is 0 Å². The highest BCUT2D eigenvalue weighted by atomic mass is 16.1. The minimum atomic E-state index is 0.00586. The maximum atomic E-state index is 12.4. The van der Waals surface area contributed by atoms with Crippen molar-refractivity contribution in [3.05, 3.63) is 60.2 Å². The fourth-order valence-corrected chi connectivity index (χ4v) is 2.73. The number of hydrogen-bond acceptors (Lipinski definition) is 2. The molecule has 2 nitrogen and oxygen atoms in total. The van der Waals surface area contributed by atoms with Crippen LogP contribution >= 0.6 is 0 Å². The van der Waals surface area contributed by atoms with E-state index in [-0.39, 0.29) is 11.8 Å². The number of carbonyl (C=O) groups is 1. The Labute approximate surface area is 119 Å². The Bertz CT molecular complexity index is 568. The molecule has 0 spiro atoms. The van der Waals surface area contributed by atoms with E-state index in [9.17, 15) is 4.79 Å². The van der Waals surface area contributed by atoms with E-state index in [1.807, 2.05) is 42.5 Å². The van der Waals surface area contributed by atoms with E-state index in [1.165, 1.54) is 12.0 Å². The lowest BCUT2D eigenvalue weighted by atomic mass is 9.95. The van der Waals surface area contributed by atoms with Gasteiger partial charge in [-0.05, 0) is 30.5 Å². The summed E-state index contributed by atoms with van der Waals surface area (Å²) in [6, 6.07) is 18.2. The molecule has 0 aromatic heterocycles. The molecule has 1 fully saturated rings. The van der Waals surface area contributed by atoms with E-state index in [0.717, 1.165) is 30.5 Å². The smallest absolute Gasteiger partial charge is 0.179 e. The SMILES string of the molecule is O=C(c1ccc(-c2ccccc2)cc1)C1CCCCN1. The highest BCUT2D eigenvalue weighted by molar-refractivity contribution is 6.00. The van der Waals surface area contributed by atoms with Gasteiger partial charge in [-0.3, -0.25) is 4.79 Å². The molecule has 0 radical (unpaired) electrons. The van der Waals surface area contributed by atoms with Gasteiger partial charge in [0.1, 0.15) is 0 Å². The van der Waals surface area contributed by atoms with Gasteiger partial charge in [-0.2, -0.15) is 0 Å². The third-order valence-electron chi connectivity index (χ3n) is 3.90. The van der Waals surface area contributed by atoms with E-state index >= 15 is 0 Å². The van der Waals surface area contributed by atoms with Crippen LogP contribution in [-0.4, -0.2) is 18.4 Å². The molecule has 2 heteroatoms. The second kappa shape index (κ2) is 6.02. The lowest BCUT2D eigenvalue weighted by molar-refractivity contribution is 0.0927. The van der Waals surface area contributed by atoms with Gasteiger partial charge in [0.2, 0.25) is 0 Å². The maximum Gasteiger partial charge on any atom is 0.179 e. The van der Waals surface area contributed by atoms with Gasteiger partial charge in [-0.15, -0.1) is 0 Å². The molecule has 0 amide bonds. The quantitative estimate of drug-likeness (QED) is 0.858. The van der Waals surface area contributed by atoms with Gasteiger partial charge in [0.25, 0.3) is 0 Å². The molecule has 1 unspecified atom stereocenters. The van der Waals surface area contributed by atoms with Crippen LogP contribution in [-0.2, 0) is 0 Å². The van der Waals surface area contributed by atoms with Crippen molar-refractivity contribution < 1.29 is 4.79 Å². The van der Waals surface area contributed by atoms with E-state index in [1.54, 1.807) is 0 Å². The second-order valence-electron chi connectivity index (χ2n) is 5.31. The molecule has 0 saturated carbocycles. The molecule has 1 N–H and O–H groups in total. The lowest BCUT2D eigenvalue weighted by Gasteiger charge is -2.22. The van der Waals surface area contributed by atoms with Gasteiger partial charge in [-0.25, -0.2) is 0 Å². The third-order valence-corrected chi connectivity index (χ3v) is 3.90. The van der Waals surface area contributed by atoms with Crippen molar-refractivity contribution in [1.29, 1.82) is 0 Å². The van der Waals surface area contributed by atoms with Gasteiger partial charge in [0.15, 0.2) is 5.78 Å². The summed E-state index contributed by atoms with van der Waals surface area (Å²) in [4.78, 5) is 12.4. The topological polar surface area (TPSA) is 29.1 Å². The fraction of sp³-hybridized carbons (Fsp3) is 0.278. The predicted molar refractivity (Wildman–Crippen MR) is 81.9 cm³/mol. The van der Waals surface area contributed by atoms with Gasteiger partial charge in [-0.1, -0.05) is 61.0 Å². The zero-order valence-electron chi connectivity index (χ0n) is 11.5. The summed E-state index contributed by atoms with van der Waals surface area (Å²) in [7, 11) is 0. The van der Waals surface area contributed by atoms with Gasteiger partial charge < -0.3 is 5.32 Å². The van der Waals surface area contributed by atoms with Crippen LogP contribution in [0.2, 0.25) is 0 Å². The van der Waals surface area contributed by atoms with E-state index in [0.29, 0.717) is 0 Å². The monoisotopic (exact) mass is 265 g/mol. The molecule has 20 heavy (non-hydrogen) atoms. The Morgan fingerprint density at radius 1 is 0.900 bits per heavy atom. The molecule has 3 rings (SSSR count). The number of benzene rings is 2. The van der Waals surface area contributed by atoms with Gasteiger partial charge >= 0.3 is 0 Å². The van der Waals surface area contributed by atoms with Crippen LogP contribution in [0.5, 0.6) is 0 Å². The average molecular weight is 265 g/mol. The zero-order chi connectivity index (χ0) is 13.8. The van der Waals surface area contributed by atoms with Crippen molar-refractivity contribution >= 4 is 5.78 Å². The van der Waals surface area contributed by atoms with Crippen LogP contribution in [0.4, 0.5) is 0 Å². The van der Waals surface area contributed by atoms with Gasteiger partial charge in [0, 0.05) is 5.56 Å². The summed E-state index contributed by atoms with van der Waals surface area (Å²) in [5.74, 6) is 0.226. The number of carbonyl (C=O) groups excluding carboxylic acids is 1. The minimum absolute atomic E-state index is 0.00586. The van der Waals surface area contributed by atoms with Crippen molar-refractivity contribution in [2.45, 2.75) is 25.3 Å². The Hall–Kier alpha value is -1.93. The number of piperidine rings is 1. The fourth-order valence-electron chi connectivity index (χ4n) is 2.73. The summed E-state index contributed by atoms with van der Waals surface area (Å²) in [6.45, 7) is 0.957. The predicted octanol–water partition coefficient (Wildman–Crippen LogP) is 3.68. The number of nitrogens with one attached hydrogen (secondary N) is 1. The molecule has 1 atom stereocenters. The van der Waals surface area contributed by atoms with Crippen molar-refractivity contribution in [1.82, 2.24) is 5.32 Å². The first-order valence-corrected chi connectivity index (χ1v) is 7.28. The maximum absolute atomic E-state index is 12.4. The molecule has 1 aliphatic rings. The standard InChI is InChI=1S/C18H19NO/c20-18(17-8-4-5-13-19-17)16-11-9-15(10-12-16)14-6-2-1-3-7-14/h1-3,6-7,9-12,17,19H,4-5,8,13H2. The highest BCUT2D eigenvalue weighted by Gasteiger charge is 2.21. The molecule has 102 valence electrons. The Morgan fingerprint density at radius 3 is 2.25 bits per heavy atom. The Morgan fingerprint density at radius 2 is 1.60 bits per heavy atom. The molecule has 1 aliphatic heterocycles. The van der Waals surface area contributed by atoms with Gasteiger partial charge in [0.05, 0.1) is 6.04 Å². The van der Waals surface area contributed by atoms with Crippen molar-refractivity contribution in [2.75, 3.05) is 6.54 Å². The number of Topliss-reactive ketones (excluding diaryl/α,β-unsaturated/α-hetero) is 1. The summed E-state index contributed by atoms with van der Waals surface area (Å²) < 4.78 is 0. The highest BCUT2D eigenvalue weighted by Crippen LogP contribution is 2.20. The van der Waals surface area contributed by atoms with E-state index in [2.05, 4.69) is 17.4 Å². The minimum Gasteiger partial charge on any atom is -0.307 e. The molecule has 2 aromatic rings. The molecular weight excluding hydrogens is 246 g/mol. The molecule has 1 heterocycles. The second-order valence-corrected chi connectivity index (χ2v) is 5.31. The summed E-state index contributed by atoms with van der Waals surface area (Å²) in [5, 5.41) is 3.31. The lowest BCUT2D eigenvalue weighted by Crippen LogP contribution is -2.40. The van der Waals surface area contributed by atoms with Crippen LogP contribution in [0.25, 0.3) is 11.1 Å². The zero-order valence-corrected chi connectivity index (χ0v) is 11.5. The molecular formula is C18H19NO. The summed E-state index contributed by atoms with van der Waals surface area (Å²) >= 11 is 0. The molecule has 1 saturated heterocycles.